The van der Waals surface area contributed by atoms with E-state index in [9.17, 15) is 4.79 Å². The smallest absolute Gasteiger partial charge is 0.255 e. The third-order valence-electron chi connectivity index (χ3n) is 3.35. The second-order valence-corrected chi connectivity index (χ2v) is 5.14. The zero-order valence-corrected chi connectivity index (χ0v) is 12.5. The molecule has 0 aliphatic rings. The standard InChI is InChI=1S/C17H21N3O/c1-3-4-13-11-14(5-6-16(13)12(2)18)17(21)20-15-7-9-19-10-8-15/h5-12H,3-4,18H2,1-2H3,(H,19,20,21). The first-order valence-electron chi connectivity index (χ1n) is 7.21. The van der Waals surface area contributed by atoms with Crippen LogP contribution in [0.1, 0.15) is 47.8 Å². The fraction of sp³-hybridized carbons (Fsp3) is 0.294. The number of aromatic nitrogens is 1. The summed E-state index contributed by atoms with van der Waals surface area (Å²) < 4.78 is 0. The van der Waals surface area contributed by atoms with E-state index in [-0.39, 0.29) is 11.9 Å². The number of carbonyl (C=O) groups excluding carboxylic acids is 1. The van der Waals surface area contributed by atoms with Crippen LogP contribution in [-0.4, -0.2) is 10.9 Å². The fourth-order valence-electron chi connectivity index (χ4n) is 2.32. The van der Waals surface area contributed by atoms with Crippen molar-refractivity contribution >= 4 is 11.6 Å². The Bertz CT molecular complexity index is 609. The van der Waals surface area contributed by atoms with E-state index in [4.69, 9.17) is 5.73 Å². The summed E-state index contributed by atoms with van der Waals surface area (Å²) in [5.41, 5.74) is 9.64. The number of carbonyl (C=O) groups is 1. The highest BCUT2D eigenvalue weighted by atomic mass is 16.1. The number of rotatable bonds is 5. The van der Waals surface area contributed by atoms with Gasteiger partial charge in [-0.25, -0.2) is 0 Å². The number of benzene rings is 1. The summed E-state index contributed by atoms with van der Waals surface area (Å²) in [5, 5.41) is 2.87. The van der Waals surface area contributed by atoms with E-state index in [0.29, 0.717) is 5.56 Å². The molecule has 0 saturated heterocycles. The molecule has 1 aromatic carbocycles. The Morgan fingerprint density at radius 3 is 2.62 bits per heavy atom. The number of aryl methyl sites for hydroxylation is 1. The van der Waals surface area contributed by atoms with E-state index in [1.54, 1.807) is 24.5 Å². The van der Waals surface area contributed by atoms with Crippen LogP contribution < -0.4 is 11.1 Å². The predicted molar refractivity (Wildman–Crippen MR) is 85.2 cm³/mol. The summed E-state index contributed by atoms with van der Waals surface area (Å²) in [6, 6.07) is 9.23. The van der Waals surface area contributed by atoms with Crippen LogP contribution in [0.2, 0.25) is 0 Å². The third-order valence-corrected chi connectivity index (χ3v) is 3.35. The molecule has 1 aromatic heterocycles. The SMILES string of the molecule is CCCc1cc(C(=O)Nc2ccncc2)ccc1C(C)N. The monoisotopic (exact) mass is 283 g/mol. The largest absolute Gasteiger partial charge is 0.324 e. The van der Waals surface area contributed by atoms with E-state index in [0.717, 1.165) is 29.7 Å². The average molecular weight is 283 g/mol. The molecule has 1 amide bonds. The number of amides is 1. The number of pyridine rings is 1. The lowest BCUT2D eigenvalue weighted by Crippen LogP contribution is -2.14. The van der Waals surface area contributed by atoms with Crippen molar-refractivity contribution in [2.45, 2.75) is 32.7 Å². The van der Waals surface area contributed by atoms with Gasteiger partial charge in [-0.05, 0) is 48.7 Å². The van der Waals surface area contributed by atoms with Crippen molar-refractivity contribution in [1.82, 2.24) is 4.98 Å². The van der Waals surface area contributed by atoms with Gasteiger partial charge in [-0.2, -0.15) is 0 Å². The molecule has 3 N–H and O–H groups in total. The summed E-state index contributed by atoms with van der Waals surface area (Å²) in [5.74, 6) is -0.116. The van der Waals surface area contributed by atoms with E-state index < -0.39 is 0 Å². The second kappa shape index (κ2) is 6.99. The highest BCUT2D eigenvalue weighted by molar-refractivity contribution is 6.04. The maximum absolute atomic E-state index is 12.3. The van der Waals surface area contributed by atoms with Crippen LogP contribution in [0.5, 0.6) is 0 Å². The first-order valence-corrected chi connectivity index (χ1v) is 7.21. The molecule has 1 heterocycles. The molecule has 0 saturated carbocycles. The van der Waals surface area contributed by atoms with Gasteiger partial charge in [0.25, 0.3) is 5.91 Å². The van der Waals surface area contributed by atoms with Gasteiger partial charge < -0.3 is 11.1 Å². The van der Waals surface area contributed by atoms with Gasteiger partial charge in [-0.15, -0.1) is 0 Å². The number of nitrogens with one attached hydrogen (secondary N) is 1. The van der Waals surface area contributed by atoms with Crippen molar-refractivity contribution in [1.29, 1.82) is 0 Å². The Hall–Kier alpha value is -2.20. The van der Waals surface area contributed by atoms with Crippen molar-refractivity contribution in [3.63, 3.8) is 0 Å². The molecular weight excluding hydrogens is 262 g/mol. The number of nitrogens with zero attached hydrogens (tertiary/aromatic N) is 1. The predicted octanol–water partition coefficient (Wildman–Crippen LogP) is 3.31. The highest BCUT2D eigenvalue weighted by Gasteiger charge is 2.11. The van der Waals surface area contributed by atoms with Crippen molar-refractivity contribution < 1.29 is 4.79 Å². The molecule has 2 aromatic rings. The van der Waals surface area contributed by atoms with Crippen LogP contribution in [0.4, 0.5) is 5.69 Å². The number of anilines is 1. The Morgan fingerprint density at radius 1 is 1.29 bits per heavy atom. The highest BCUT2D eigenvalue weighted by Crippen LogP contribution is 2.20. The second-order valence-electron chi connectivity index (χ2n) is 5.14. The molecule has 110 valence electrons. The fourth-order valence-corrected chi connectivity index (χ4v) is 2.32. The van der Waals surface area contributed by atoms with Gasteiger partial charge in [0.15, 0.2) is 0 Å². The van der Waals surface area contributed by atoms with Gasteiger partial charge in [0.1, 0.15) is 0 Å². The molecule has 21 heavy (non-hydrogen) atoms. The third kappa shape index (κ3) is 3.89. The lowest BCUT2D eigenvalue weighted by Gasteiger charge is -2.14. The molecule has 4 heteroatoms. The minimum absolute atomic E-state index is 0.0242. The Balaban J connectivity index is 2.23. The summed E-state index contributed by atoms with van der Waals surface area (Å²) in [6.07, 6.45) is 5.25. The van der Waals surface area contributed by atoms with E-state index in [2.05, 4.69) is 17.2 Å². The molecule has 1 atom stereocenters. The number of nitrogens with two attached hydrogens (primary N) is 1. The maximum Gasteiger partial charge on any atom is 0.255 e. The molecule has 1 unspecified atom stereocenters. The maximum atomic E-state index is 12.3. The number of hydrogen-bond acceptors (Lipinski definition) is 3. The van der Waals surface area contributed by atoms with E-state index in [1.165, 1.54) is 0 Å². The van der Waals surface area contributed by atoms with Gasteiger partial charge in [0.05, 0.1) is 0 Å². The number of hydrogen-bond donors (Lipinski definition) is 2. The quantitative estimate of drug-likeness (QED) is 0.884. The zero-order valence-electron chi connectivity index (χ0n) is 12.5. The van der Waals surface area contributed by atoms with Crippen molar-refractivity contribution in [2.75, 3.05) is 5.32 Å². The van der Waals surface area contributed by atoms with Gasteiger partial charge in [0, 0.05) is 29.7 Å². The summed E-state index contributed by atoms with van der Waals surface area (Å²) in [7, 11) is 0. The molecule has 2 rings (SSSR count). The summed E-state index contributed by atoms with van der Waals surface area (Å²) in [4.78, 5) is 16.2. The van der Waals surface area contributed by atoms with Crippen LogP contribution in [0, 0.1) is 0 Å². The molecular formula is C17H21N3O. The summed E-state index contributed by atoms with van der Waals surface area (Å²) in [6.45, 7) is 4.08. The van der Waals surface area contributed by atoms with Crippen LogP contribution in [0.15, 0.2) is 42.7 Å². The first-order chi connectivity index (χ1) is 10.1. The van der Waals surface area contributed by atoms with Gasteiger partial charge in [0.2, 0.25) is 0 Å². The lowest BCUT2D eigenvalue weighted by molar-refractivity contribution is 0.102. The molecule has 0 spiro atoms. The van der Waals surface area contributed by atoms with Crippen LogP contribution >= 0.6 is 0 Å². The molecule has 4 nitrogen and oxygen atoms in total. The van der Waals surface area contributed by atoms with Gasteiger partial charge in [-0.3, -0.25) is 9.78 Å². The Labute approximate surface area is 125 Å². The molecule has 0 aliphatic carbocycles. The van der Waals surface area contributed by atoms with Crippen molar-refractivity contribution in [3.05, 3.63) is 59.4 Å². The van der Waals surface area contributed by atoms with Gasteiger partial charge >= 0.3 is 0 Å². The lowest BCUT2D eigenvalue weighted by atomic mass is 9.96. The Kier molecular flexibility index (Phi) is 5.06. The van der Waals surface area contributed by atoms with Crippen molar-refractivity contribution in [3.8, 4) is 0 Å². The molecule has 0 bridgehead atoms. The van der Waals surface area contributed by atoms with Gasteiger partial charge in [-0.1, -0.05) is 19.4 Å². The van der Waals surface area contributed by atoms with Crippen molar-refractivity contribution in [2.24, 2.45) is 5.73 Å². The molecule has 0 aliphatic heterocycles. The normalized spacial score (nSPS) is 12.0. The van der Waals surface area contributed by atoms with Crippen LogP contribution in [-0.2, 0) is 6.42 Å². The van der Waals surface area contributed by atoms with Crippen LogP contribution in [0.25, 0.3) is 0 Å². The Morgan fingerprint density at radius 2 is 2.00 bits per heavy atom. The summed E-state index contributed by atoms with van der Waals surface area (Å²) >= 11 is 0. The van der Waals surface area contributed by atoms with E-state index in [1.807, 2.05) is 25.1 Å². The van der Waals surface area contributed by atoms with E-state index >= 15 is 0 Å². The minimum atomic E-state index is -0.116. The minimum Gasteiger partial charge on any atom is -0.324 e. The van der Waals surface area contributed by atoms with Crippen LogP contribution in [0.3, 0.4) is 0 Å². The molecule has 0 fully saturated rings. The first kappa shape index (κ1) is 15.2. The average Bonchev–Trinajstić information content (AvgIpc) is 2.48. The molecule has 0 radical (unpaired) electrons. The topological polar surface area (TPSA) is 68.0 Å². The zero-order chi connectivity index (χ0) is 15.2.